The van der Waals surface area contributed by atoms with E-state index in [1.165, 1.54) is 18.2 Å². The minimum absolute atomic E-state index is 0.0643. The summed E-state index contributed by atoms with van der Waals surface area (Å²) in [5, 5.41) is 11.1. The first-order chi connectivity index (χ1) is 15.2. The molecule has 0 aliphatic carbocycles. The number of sulfonamides is 1. The summed E-state index contributed by atoms with van der Waals surface area (Å²) in [6, 6.07) is 24.0. The molecule has 166 valence electrons. The fraction of sp³-hybridized carbons (Fsp3) is 0.174. The molecule has 0 saturated heterocycles. The lowest BCUT2D eigenvalue weighted by Crippen LogP contribution is -2.42. The molecule has 8 nitrogen and oxygen atoms in total. The smallest absolute Gasteiger partial charge is 0.271 e. The average molecular weight is 454 g/mol. The third-order valence-electron chi connectivity index (χ3n) is 4.79. The summed E-state index contributed by atoms with van der Waals surface area (Å²) < 4.78 is 25.8. The predicted molar refractivity (Wildman–Crippen MR) is 122 cm³/mol. The van der Waals surface area contributed by atoms with Gasteiger partial charge in [0.15, 0.2) is 0 Å². The van der Waals surface area contributed by atoms with Crippen LogP contribution in [0.25, 0.3) is 0 Å². The summed E-state index contributed by atoms with van der Waals surface area (Å²) in [6.45, 7) is 0.113. The van der Waals surface area contributed by atoms with E-state index in [4.69, 9.17) is 0 Å². The molecule has 0 spiro atoms. The number of nitro groups is 1. The van der Waals surface area contributed by atoms with E-state index >= 15 is 0 Å². The van der Waals surface area contributed by atoms with Gasteiger partial charge in [-0.25, -0.2) is 8.42 Å². The molecule has 0 bridgehead atoms. The van der Waals surface area contributed by atoms with Crippen molar-refractivity contribution in [3.63, 3.8) is 0 Å². The second-order valence-electron chi connectivity index (χ2n) is 7.27. The summed E-state index contributed by atoms with van der Waals surface area (Å²) in [7, 11) is -3.87. The molecule has 0 fully saturated rings. The molecule has 0 radical (unpaired) electrons. The van der Waals surface area contributed by atoms with Crippen LogP contribution >= 0.6 is 0 Å². The maximum Gasteiger partial charge on any atom is 0.271 e. The highest BCUT2D eigenvalue weighted by Crippen LogP contribution is 2.23. The Hall–Kier alpha value is -3.72. The predicted octanol–water partition coefficient (Wildman–Crippen LogP) is 3.59. The van der Waals surface area contributed by atoms with E-state index in [1.807, 2.05) is 60.7 Å². The van der Waals surface area contributed by atoms with Crippen LogP contribution in [0, 0.1) is 10.1 Å². The van der Waals surface area contributed by atoms with Gasteiger partial charge in [-0.15, -0.1) is 0 Å². The van der Waals surface area contributed by atoms with Crippen LogP contribution in [-0.4, -0.2) is 36.9 Å². The van der Waals surface area contributed by atoms with E-state index in [0.717, 1.165) is 27.8 Å². The van der Waals surface area contributed by atoms with E-state index in [1.54, 1.807) is 4.90 Å². The Morgan fingerprint density at radius 3 is 1.88 bits per heavy atom. The normalized spacial score (nSPS) is 11.0. The van der Waals surface area contributed by atoms with E-state index in [2.05, 4.69) is 0 Å². The van der Waals surface area contributed by atoms with E-state index in [-0.39, 0.29) is 11.4 Å². The van der Waals surface area contributed by atoms with Crippen LogP contribution in [-0.2, 0) is 27.9 Å². The zero-order valence-electron chi connectivity index (χ0n) is 17.5. The number of hydrogen-bond donors (Lipinski definition) is 0. The van der Waals surface area contributed by atoms with Crippen molar-refractivity contribution in [2.75, 3.05) is 17.1 Å². The van der Waals surface area contributed by atoms with Crippen molar-refractivity contribution in [2.24, 2.45) is 0 Å². The molecule has 1 amide bonds. The maximum atomic E-state index is 13.3. The summed E-state index contributed by atoms with van der Waals surface area (Å²) in [5.74, 6) is -0.422. The van der Waals surface area contributed by atoms with Crippen molar-refractivity contribution < 1.29 is 18.1 Å². The molecule has 0 atom stereocenters. The van der Waals surface area contributed by atoms with E-state index in [9.17, 15) is 23.3 Å². The molecule has 0 N–H and O–H groups in total. The van der Waals surface area contributed by atoms with Gasteiger partial charge in [-0.05, 0) is 17.2 Å². The molecule has 0 aliphatic heterocycles. The standard InChI is InChI=1S/C23H23N3O5S/c1-32(30,31)25(21-13-8-14-22(15-21)26(28)29)18-23(27)24(16-19-9-4-2-5-10-19)17-20-11-6-3-7-12-20/h2-15H,16-18H2,1H3. The summed E-state index contributed by atoms with van der Waals surface area (Å²) >= 11 is 0. The van der Waals surface area contributed by atoms with Crippen molar-refractivity contribution in [1.82, 2.24) is 4.90 Å². The first-order valence-electron chi connectivity index (χ1n) is 9.82. The number of carbonyl (C=O) groups is 1. The molecule has 0 unspecified atom stereocenters. The van der Waals surface area contributed by atoms with Gasteiger partial charge in [0.1, 0.15) is 6.54 Å². The van der Waals surface area contributed by atoms with Gasteiger partial charge in [0.2, 0.25) is 15.9 Å². The van der Waals surface area contributed by atoms with Crippen LogP contribution in [0.4, 0.5) is 11.4 Å². The van der Waals surface area contributed by atoms with E-state index < -0.39 is 27.4 Å². The van der Waals surface area contributed by atoms with Gasteiger partial charge in [-0.3, -0.25) is 19.2 Å². The first kappa shape index (κ1) is 23.0. The van der Waals surface area contributed by atoms with Gasteiger partial charge in [0.05, 0.1) is 16.9 Å². The van der Waals surface area contributed by atoms with Gasteiger partial charge in [0, 0.05) is 25.2 Å². The highest BCUT2D eigenvalue weighted by molar-refractivity contribution is 7.92. The molecule has 0 aliphatic rings. The molecule has 0 saturated carbocycles. The fourth-order valence-electron chi connectivity index (χ4n) is 3.22. The monoisotopic (exact) mass is 453 g/mol. The third-order valence-corrected chi connectivity index (χ3v) is 5.93. The summed E-state index contributed by atoms with van der Waals surface area (Å²) in [6.07, 6.45) is 0.970. The minimum atomic E-state index is -3.87. The second-order valence-corrected chi connectivity index (χ2v) is 9.17. The quantitative estimate of drug-likeness (QED) is 0.364. The average Bonchev–Trinajstić information content (AvgIpc) is 2.77. The van der Waals surface area contributed by atoms with Crippen LogP contribution in [0.1, 0.15) is 11.1 Å². The van der Waals surface area contributed by atoms with Crippen molar-refractivity contribution in [1.29, 1.82) is 0 Å². The number of hydrogen-bond acceptors (Lipinski definition) is 5. The number of non-ortho nitro benzene ring substituents is 1. The molecule has 0 aromatic heterocycles. The molecule has 3 aromatic carbocycles. The molecular formula is C23H23N3O5S. The Kier molecular flexibility index (Phi) is 7.21. The van der Waals surface area contributed by atoms with Crippen LogP contribution in [0.5, 0.6) is 0 Å². The zero-order valence-corrected chi connectivity index (χ0v) is 18.3. The van der Waals surface area contributed by atoms with Crippen LogP contribution in [0.15, 0.2) is 84.9 Å². The van der Waals surface area contributed by atoms with Crippen LogP contribution < -0.4 is 4.31 Å². The van der Waals surface area contributed by atoms with Crippen molar-refractivity contribution in [3.05, 3.63) is 106 Å². The Morgan fingerprint density at radius 2 is 1.41 bits per heavy atom. The molecule has 0 heterocycles. The number of anilines is 1. The largest absolute Gasteiger partial charge is 0.332 e. The minimum Gasteiger partial charge on any atom is -0.332 e. The lowest BCUT2D eigenvalue weighted by atomic mass is 10.1. The fourth-order valence-corrected chi connectivity index (χ4v) is 4.07. The number of nitrogens with zero attached hydrogens (tertiary/aromatic N) is 3. The third kappa shape index (κ3) is 6.14. The summed E-state index contributed by atoms with van der Waals surface area (Å²) in [4.78, 5) is 25.4. The number of nitro benzene ring substituents is 1. The zero-order chi connectivity index (χ0) is 23.1. The number of benzene rings is 3. The highest BCUT2D eigenvalue weighted by atomic mass is 32.2. The Labute approximate surface area is 186 Å². The Morgan fingerprint density at radius 1 is 0.875 bits per heavy atom. The van der Waals surface area contributed by atoms with Crippen LogP contribution in [0.2, 0.25) is 0 Å². The van der Waals surface area contributed by atoms with Crippen LogP contribution in [0.3, 0.4) is 0 Å². The highest BCUT2D eigenvalue weighted by Gasteiger charge is 2.25. The molecule has 3 rings (SSSR count). The van der Waals surface area contributed by atoms with Crippen molar-refractivity contribution in [2.45, 2.75) is 13.1 Å². The second kappa shape index (κ2) is 10.1. The lowest BCUT2D eigenvalue weighted by Gasteiger charge is -2.28. The SMILES string of the molecule is CS(=O)(=O)N(CC(=O)N(Cc1ccccc1)Cc1ccccc1)c1cccc([N+](=O)[O-])c1. The molecule has 3 aromatic rings. The van der Waals surface area contributed by atoms with Crippen molar-refractivity contribution in [3.8, 4) is 0 Å². The topological polar surface area (TPSA) is 101 Å². The van der Waals surface area contributed by atoms with Crippen molar-refractivity contribution >= 4 is 27.3 Å². The number of amides is 1. The lowest BCUT2D eigenvalue weighted by molar-refractivity contribution is -0.384. The van der Waals surface area contributed by atoms with E-state index in [0.29, 0.717) is 13.1 Å². The molecule has 32 heavy (non-hydrogen) atoms. The molecule has 9 heteroatoms. The summed E-state index contributed by atoms with van der Waals surface area (Å²) in [5.41, 5.74) is 1.61. The Bertz CT molecular complexity index is 1140. The number of carbonyl (C=O) groups excluding carboxylic acids is 1. The molecular weight excluding hydrogens is 430 g/mol. The number of rotatable bonds is 9. The van der Waals surface area contributed by atoms with Gasteiger partial charge in [-0.1, -0.05) is 66.7 Å². The van der Waals surface area contributed by atoms with Gasteiger partial charge in [-0.2, -0.15) is 0 Å². The first-order valence-corrected chi connectivity index (χ1v) is 11.7. The maximum absolute atomic E-state index is 13.3. The Balaban J connectivity index is 1.90. The van der Waals surface area contributed by atoms with Gasteiger partial charge < -0.3 is 4.90 Å². The van der Waals surface area contributed by atoms with Gasteiger partial charge >= 0.3 is 0 Å². The van der Waals surface area contributed by atoms with Gasteiger partial charge in [0.25, 0.3) is 5.69 Å².